The maximum atomic E-state index is 13.6. The largest absolute Gasteiger partial charge is 0.496 e. The van der Waals surface area contributed by atoms with Crippen molar-refractivity contribution >= 4 is 33.6 Å². The number of H-pyrrole nitrogens is 1. The average molecular weight is 514 g/mol. The zero-order valence-electron chi connectivity index (χ0n) is 21.4. The Morgan fingerprint density at radius 1 is 1.08 bits per heavy atom. The molecule has 9 nitrogen and oxygen atoms in total. The van der Waals surface area contributed by atoms with Gasteiger partial charge >= 0.3 is 6.18 Å². The van der Waals surface area contributed by atoms with Crippen molar-refractivity contribution in [2.75, 3.05) is 12.4 Å². The first-order chi connectivity index (χ1) is 17.3. The Hall–Kier alpha value is -4.09. The van der Waals surface area contributed by atoms with Crippen LogP contribution in [0.4, 0.5) is 24.8 Å². The number of anilines is 2. The van der Waals surface area contributed by atoms with E-state index in [4.69, 9.17) is 9.26 Å². The van der Waals surface area contributed by atoms with Gasteiger partial charge in [0.2, 0.25) is 0 Å². The van der Waals surface area contributed by atoms with E-state index in [0.717, 1.165) is 41.6 Å². The first-order valence-corrected chi connectivity index (χ1v) is 11.5. The molecule has 0 saturated carbocycles. The highest BCUT2D eigenvalue weighted by Crippen LogP contribution is 2.42. The molecule has 0 fully saturated rings. The summed E-state index contributed by atoms with van der Waals surface area (Å²) in [4.78, 5) is 12.4. The number of ether oxygens (including phenoxy) is 1. The molecule has 0 atom stereocenters. The molecule has 5 rings (SSSR count). The molecule has 12 heteroatoms. The quantitative estimate of drug-likeness (QED) is 0.296. The van der Waals surface area contributed by atoms with Crippen LogP contribution in [-0.4, -0.2) is 43.2 Å². The highest BCUT2D eigenvalue weighted by molar-refractivity contribution is 6.13. The third-order valence-corrected chi connectivity index (χ3v) is 6.66. The molecule has 0 saturated heterocycles. The van der Waals surface area contributed by atoms with Crippen LogP contribution in [0, 0.1) is 20.8 Å². The number of benzene rings is 1. The number of nitrogens with one attached hydrogen (secondary N) is 2. The van der Waals surface area contributed by atoms with Crippen LogP contribution in [0.1, 0.15) is 36.8 Å². The van der Waals surface area contributed by atoms with Crippen molar-refractivity contribution in [3.8, 4) is 16.9 Å². The number of nitrogens with zero attached hydrogens (tertiary/aromatic N) is 5. The second-order valence-electron chi connectivity index (χ2n) is 9.55. The molecule has 0 radical (unpaired) electrons. The maximum Gasteiger partial charge on any atom is 0.399 e. The molecule has 0 bridgehead atoms. The van der Waals surface area contributed by atoms with E-state index < -0.39 is 11.6 Å². The number of halogens is 3. The second kappa shape index (κ2) is 8.22. The number of hydrogen-bond donors (Lipinski definition) is 2. The summed E-state index contributed by atoms with van der Waals surface area (Å²) in [6, 6.07) is 5.21. The lowest BCUT2D eigenvalue weighted by molar-refractivity contribution is -0.181. The minimum Gasteiger partial charge on any atom is -0.496 e. The summed E-state index contributed by atoms with van der Waals surface area (Å²) in [5, 5.41) is 12.8. The van der Waals surface area contributed by atoms with E-state index in [1.165, 1.54) is 10.7 Å². The summed E-state index contributed by atoms with van der Waals surface area (Å²) in [5.74, 6) is 2.54. The predicted molar refractivity (Wildman–Crippen MR) is 133 cm³/mol. The van der Waals surface area contributed by atoms with Crippen molar-refractivity contribution in [2.45, 2.75) is 46.2 Å². The van der Waals surface area contributed by atoms with Crippen LogP contribution in [0.2, 0.25) is 0 Å². The molecular formula is C25H26F3N7O2. The Balaban J connectivity index is 1.68. The normalized spacial score (nSPS) is 12.6. The van der Waals surface area contributed by atoms with Crippen LogP contribution >= 0.6 is 0 Å². The first kappa shape index (κ1) is 24.6. The van der Waals surface area contributed by atoms with Gasteiger partial charge in [0, 0.05) is 29.6 Å². The van der Waals surface area contributed by atoms with Gasteiger partial charge in [-0.3, -0.25) is 4.68 Å². The van der Waals surface area contributed by atoms with Gasteiger partial charge in [0.15, 0.2) is 0 Å². The minimum absolute atomic E-state index is 0.100. The molecule has 0 aliphatic rings. The van der Waals surface area contributed by atoms with Gasteiger partial charge in [-0.15, -0.1) is 0 Å². The van der Waals surface area contributed by atoms with E-state index >= 15 is 0 Å². The average Bonchev–Trinajstić information content (AvgIpc) is 3.46. The number of aromatic amines is 1. The molecule has 0 unspecified atom stereocenters. The zero-order chi connectivity index (χ0) is 26.9. The van der Waals surface area contributed by atoms with Crippen molar-refractivity contribution in [3.63, 3.8) is 0 Å². The van der Waals surface area contributed by atoms with Crippen LogP contribution in [0.3, 0.4) is 0 Å². The molecule has 2 N–H and O–H groups in total. The van der Waals surface area contributed by atoms with Gasteiger partial charge in [-0.05, 0) is 46.8 Å². The SMILES string of the molecule is COc1cc2c(cc1-c1c(C)noc1C)[nH]c1nc(C)nc(Nc3cc(C(C)(C)C(F)(F)F)nn3C)c12. The summed E-state index contributed by atoms with van der Waals surface area (Å²) in [6.07, 6.45) is -4.45. The lowest BCUT2D eigenvalue weighted by Gasteiger charge is -2.25. The van der Waals surface area contributed by atoms with E-state index in [2.05, 4.69) is 30.5 Å². The molecular weight excluding hydrogens is 487 g/mol. The highest BCUT2D eigenvalue weighted by Gasteiger charge is 2.50. The van der Waals surface area contributed by atoms with Crippen molar-refractivity contribution in [3.05, 3.63) is 41.2 Å². The van der Waals surface area contributed by atoms with Crippen molar-refractivity contribution in [1.82, 2.24) is 29.9 Å². The molecule has 194 valence electrons. The summed E-state index contributed by atoms with van der Waals surface area (Å²) < 4.78 is 53.3. The number of methoxy groups -OCH3 is 1. The van der Waals surface area contributed by atoms with Gasteiger partial charge in [-0.25, -0.2) is 9.97 Å². The van der Waals surface area contributed by atoms with Crippen LogP contribution in [0.15, 0.2) is 22.7 Å². The van der Waals surface area contributed by atoms with E-state index in [0.29, 0.717) is 40.0 Å². The minimum atomic E-state index is -4.45. The molecule has 0 aliphatic carbocycles. The predicted octanol–water partition coefficient (Wildman–Crippen LogP) is 6.02. The zero-order valence-corrected chi connectivity index (χ0v) is 21.4. The monoisotopic (exact) mass is 513 g/mol. The molecule has 4 aromatic heterocycles. The van der Waals surface area contributed by atoms with Gasteiger partial charge in [-0.2, -0.15) is 18.3 Å². The standard InChI is InChI=1S/C25H26F3N7O2/c1-11-20(12(2)37-34-11)15-8-16-14(9-17(15)36-7)21-22(31-16)29-13(3)30-23(21)32-19-10-18(33-35(19)6)24(4,5)25(26,27)28/h8-10H,1-7H3,(H2,29,30,31,32). The second-order valence-corrected chi connectivity index (χ2v) is 9.55. The Bertz CT molecular complexity index is 1640. The summed E-state index contributed by atoms with van der Waals surface area (Å²) in [5.41, 5.74) is 1.51. The number of aryl methyl sites for hydroxylation is 4. The van der Waals surface area contributed by atoms with Crippen molar-refractivity contribution in [1.29, 1.82) is 0 Å². The Morgan fingerprint density at radius 3 is 2.43 bits per heavy atom. The van der Waals surface area contributed by atoms with Crippen LogP contribution in [0.25, 0.3) is 33.1 Å². The van der Waals surface area contributed by atoms with Gasteiger partial charge < -0.3 is 19.6 Å². The number of hydrogen-bond acceptors (Lipinski definition) is 7. The van der Waals surface area contributed by atoms with Gasteiger partial charge in [-0.1, -0.05) is 5.16 Å². The van der Waals surface area contributed by atoms with E-state index in [1.807, 2.05) is 26.0 Å². The van der Waals surface area contributed by atoms with E-state index in [9.17, 15) is 13.2 Å². The van der Waals surface area contributed by atoms with Crippen LogP contribution in [-0.2, 0) is 12.5 Å². The molecule has 0 spiro atoms. The summed E-state index contributed by atoms with van der Waals surface area (Å²) in [6.45, 7) is 7.65. The molecule has 37 heavy (non-hydrogen) atoms. The Morgan fingerprint density at radius 2 is 1.81 bits per heavy atom. The van der Waals surface area contributed by atoms with Crippen LogP contribution < -0.4 is 10.1 Å². The lowest BCUT2D eigenvalue weighted by atomic mass is 9.89. The smallest absolute Gasteiger partial charge is 0.399 e. The summed E-state index contributed by atoms with van der Waals surface area (Å²) >= 11 is 0. The van der Waals surface area contributed by atoms with E-state index in [1.54, 1.807) is 21.1 Å². The first-order valence-electron chi connectivity index (χ1n) is 11.5. The summed E-state index contributed by atoms with van der Waals surface area (Å²) in [7, 11) is 3.16. The van der Waals surface area contributed by atoms with Gasteiger partial charge in [0.1, 0.15) is 40.0 Å². The van der Waals surface area contributed by atoms with E-state index in [-0.39, 0.29) is 5.69 Å². The number of fused-ring (bicyclic) bond motifs is 3. The molecule has 0 amide bonds. The number of alkyl halides is 3. The molecule has 1 aromatic carbocycles. The third kappa shape index (κ3) is 3.87. The topological polar surface area (TPSA) is 107 Å². The number of aromatic nitrogens is 6. The molecule has 5 aromatic rings. The fourth-order valence-electron chi connectivity index (χ4n) is 4.41. The number of rotatable bonds is 5. The van der Waals surface area contributed by atoms with Crippen LogP contribution in [0.5, 0.6) is 5.75 Å². The van der Waals surface area contributed by atoms with Gasteiger partial charge in [0.05, 0.1) is 29.4 Å². The van der Waals surface area contributed by atoms with Crippen molar-refractivity contribution in [2.24, 2.45) is 7.05 Å². The lowest BCUT2D eigenvalue weighted by Crippen LogP contribution is -2.36. The highest BCUT2D eigenvalue weighted by atomic mass is 19.4. The molecule has 0 aliphatic heterocycles. The molecule has 4 heterocycles. The van der Waals surface area contributed by atoms with Crippen molar-refractivity contribution < 1.29 is 22.4 Å². The maximum absolute atomic E-state index is 13.6. The Labute approximate surface area is 210 Å². The fourth-order valence-corrected chi connectivity index (χ4v) is 4.41. The van der Waals surface area contributed by atoms with Gasteiger partial charge in [0.25, 0.3) is 0 Å². The fraction of sp³-hybridized carbons (Fsp3) is 0.360. The third-order valence-electron chi connectivity index (χ3n) is 6.66. The Kier molecular flexibility index (Phi) is 5.46.